The highest BCUT2D eigenvalue weighted by Crippen LogP contribution is 2.29. The number of fused-ring (bicyclic) bond motifs is 1. The van der Waals surface area contributed by atoms with Crippen LogP contribution >= 0.6 is 0 Å². The molecule has 6 heterocycles. The van der Waals surface area contributed by atoms with Crippen LogP contribution in [-0.2, 0) is 22.6 Å². The number of para-hydroxylation sites is 1. The molecule has 238 valence electrons. The zero-order valence-corrected chi connectivity index (χ0v) is 25.8. The van der Waals surface area contributed by atoms with Gasteiger partial charge in [-0.1, -0.05) is 30.3 Å². The Morgan fingerprint density at radius 2 is 1.70 bits per heavy atom. The lowest BCUT2D eigenvalue weighted by Crippen LogP contribution is -2.58. The molecule has 1 saturated heterocycles. The van der Waals surface area contributed by atoms with Crippen LogP contribution in [0, 0.1) is 0 Å². The van der Waals surface area contributed by atoms with E-state index in [9.17, 15) is 14.4 Å². The molecule has 4 aromatic rings. The second-order valence-electron chi connectivity index (χ2n) is 11.3. The fraction of sp³-hybridized carbons (Fsp3) is 0.314. The topological polar surface area (TPSA) is 128 Å². The fourth-order valence-electron chi connectivity index (χ4n) is 5.76. The van der Waals surface area contributed by atoms with E-state index in [1.54, 1.807) is 24.1 Å². The molecule has 0 aliphatic carbocycles. The van der Waals surface area contributed by atoms with Crippen LogP contribution in [0.25, 0.3) is 10.9 Å². The van der Waals surface area contributed by atoms with Crippen molar-refractivity contribution in [2.45, 2.75) is 38.0 Å². The van der Waals surface area contributed by atoms with Crippen molar-refractivity contribution in [3.8, 4) is 23.0 Å². The zero-order chi connectivity index (χ0) is 32.0. The van der Waals surface area contributed by atoms with Gasteiger partial charge in [-0.3, -0.25) is 14.4 Å². The monoisotopic (exact) mass is 624 g/mol. The molecule has 9 rings (SSSR count). The Bertz CT molecular complexity index is 1740. The number of carbonyl (C=O) groups excluding carboxylic acids is 3. The Labute approximate surface area is 266 Å². The van der Waals surface area contributed by atoms with Crippen LogP contribution in [0.1, 0.15) is 34.5 Å². The Morgan fingerprint density at radius 1 is 0.913 bits per heavy atom. The summed E-state index contributed by atoms with van der Waals surface area (Å²) in [6.07, 6.45) is 0.891. The van der Waals surface area contributed by atoms with Crippen molar-refractivity contribution < 1.29 is 33.3 Å². The van der Waals surface area contributed by atoms with Crippen molar-refractivity contribution >= 4 is 28.6 Å². The van der Waals surface area contributed by atoms with E-state index in [0.29, 0.717) is 60.9 Å². The van der Waals surface area contributed by atoms with Crippen LogP contribution < -0.4 is 29.6 Å². The number of benzene rings is 3. The van der Waals surface area contributed by atoms with Gasteiger partial charge in [0.2, 0.25) is 5.91 Å². The first-order chi connectivity index (χ1) is 22.4. The zero-order valence-electron chi connectivity index (χ0n) is 25.8. The van der Waals surface area contributed by atoms with Gasteiger partial charge in [0.25, 0.3) is 11.8 Å². The number of pyridine rings is 1. The third-order valence-electron chi connectivity index (χ3n) is 8.23. The Morgan fingerprint density at radius 3 is 2.50 bits per heavy atom. The largest absolute Gasteiger partial charge is 0.496 e. The molecule has 2 atom stereocenters. The molecular weight excluding hydrogens is 588 g/mol. The minimum atomic E-state index is -0.537. The molecule has 2 N–H and O–H groups in total. The number of nitrogens with one attached hydrogen (secondary N) is 2. The van der Waals surface area contributed by atoms with E-state index in [1.165, 1.54) is 7.11 Å². The van der Waals surface area contributed by atoms with Crippen LogP contribution in [0.2, 0.25) is 0 Å². The van der Waals surface area contributed by atoms with E-state index < -0.39 is 12.1 Å². The number of nitrogens with zero attached hydrogens (tertiary/aromatic N) is 2. The quantitative estimate of drug-likeness (QED) is 0.354. The molecule has 0 saturated carbocycles. The molecule has 3 aromatic carbocycles. The van der Waals surface area contributed by atoms with E-state index >= 15 is 0 Å². The molecule has 4 bridgehead atoms. The number of hydrogen-bond acceptors (Lipinski definition) is 8. The van der Waals surface area contributed by atoms with Gasteiger partial charge < -0.3 is 34.5 Å². The number of piperidine rings is 1. The molecule has 11 nitrogen and oxygen atoms in total. The average molecular weight is 625 g/mol. The van der Waals surface area contributed by atoms with E-state index in [4.69, 9.17) is 18.9 Å². The molecule has 5 aliphatic rings. The van der Waals surface area contributed by atoms with Gasteiger partial charge >= 0.3 is 0 Å². The van der Waals surface area contributed by atoms with E-state index in [1.807, 2.05) is 60.7 Å². The summed E-state index contributed by atoms with van der Waals surface area (Å²) in [5.41, 5.74) is 2.76. The van der Waals surface area contributed by atoms with Crippen molar-refractivity contribution in [2.75, 3.05) is 33.9 Å². The van der Waals surface area contributed by atoms with Gasteiger partial charge in [0.15, 0.2) is 18.1 Å². The van der Waals surface area contributed by atoms with Crippen LogP contribution in [0.5, 0.6) is 23.0 Å². The summed E-state index contributed by atoms with van der Waals surface area (Å²) >= 11 is 0. The molecule has 3 amide bonds. The Hall–Kier alpha value is -5.32. The minimum absolute atomic E-state index is 0.0628. The van der Waals surface area contributed by atoms with Crippen molar-refractivity contribution in [3.05, 3.63) is 89.6 Å². The van der Waals surface area contributed by atoms with Gasteiger partial charge in [-0.15, -0.1) is 0 Å². The van der Waals surface area contributed by atoms with Gasteiger partial charge in [0.1, 0.15) is 23.3 Å². The smallest absolute Gasteiger partial charge is 0.272 e. The summed E-state index contributed by atoms with van der Waals surface area (Å²) in [6, 6.07) is 21.5. The van der Waals surface area contributed by atoms with Crippen LogP contribution in [0.15, 0.2) is 72.8 Å². The maximum atomic E-state index is 13.8. The van der Waals surface area contributed by atoms with Gasteiger partial charge in [0.05, 0.1) is 25.8 Å². The van der Waals surface area contributed by atoms with Crippen molar-refractivity contribution in [3.63, 3.8) is 0 Å². The first-order valence-electron chi connectivity index (χ1n) is 15.2. The molecule has 1 aromatic heterocycles. The number of aryl methyl sites for hydroxylation is 1. The number of ether oxygens (including phenoxy) is 4. The Balaban J connectivity index is 1.25. The van der Waals surface area contributed by atoms with Gasteiger partial charge in [-0.25, -0.2) is 4.98 Å². The van der Waals surface area contributed by atoms with E-state index in [2.05, 4.69) is 15.6 Å². The standard InChI is InChI=1S/C35H36N4O7/c1-43-31-18-27(37-26-6-4-3-5-25(26)31)35(42)39-16-15-29-28(20-39)38-34(41)21-45-30-13-9-22(17-32(30)44-2)10-14-33(40)36-19-23-7-11-24(46-29)12-8-23/h3-9,11-13,17-18,28-29H,10,14-16,19-21H2,1-2H3,(H,36,40)(H,38,41)/t28-,29-/m1/s1. The summed E-state index contributed by atoms with van der Waals surface area (Å²) in [5.74, 6) is 1.35. The highest BCUT2D eigenvalue weighted by molar-refractivity contribution is 5.97. The van der Waals surface area contributed by atoms with Crippen LogP contribution in [0.4, 0.5) is 0 Å². The lowest BCUT2D eigenvalue weighted by atomic mass is 10.0. The molecular formula is C35H36N4O7. The van der Waals surface area contributed by atoms with E-state index in [0.717, 1.165) is 16.5 Å². The van der Waals surface area contributed by atoms with Gasteiger partial charge in [0, 0.05) is 43.9 Å². The number of hydrogen-bond donors (Lipinski definition) is 2. The lowest BCUT2D eigenvalue weighted by molar-refractivity contribution is -0.125. The normalized spacial score (nSPS) is 18.9. The molecule has 11 heteroatoms. The summed E-state index contributed by atoms with van der Waals surface area (Å²) in [7, 11) is 3.09. The van der Waals surface area contributed by atoms with Crippen molar-refractivity contribution in [2.24, 2.45) is 0 Å². The SMILES string of the molecule is COc1cc2ccc1OCC(=O)N[C@@H]1CN(C(=O)c3cc(OC)c4ccccc4n3)CC[C@H]1Oc1ccc(cc1)CNC(=O)CC2. The second-order valence-corrected chi connectivity index (χ2v) is 11.3. The highest BCUT2D eigenvalue weighted by atomic mass is 16.5. The molecule has 0 spiro atoms. The highest BCUT2D eigenvalue weighted by Gasteiger charge is 2.35. The predicted molar refractivity (Wildman–Crippen MR) is 170 cm³/mol. The van der Waals surface area contributed by atoms with Crippen LogP contribution in [-0.4, -0.2) is 73.7 Å². The average Bonchev–Trinajstić information content (AvgIpc) is 3.09. The van der Waals surface area contributed by atoms with Gasteiger partial charge in [-0.2, -0.15) is 0 Å². The van der Waals surface area contributed by atoms with E-state index in [-0.39, 0.29) is 36.6 Å². The molecule has 5 aliphatic heterocycles. The molecule has 1 fully saturated rings. The number of methoxy groups -OCH3 is 2. The third kappa shape index (κ3) is 6.98. The first-order valence-corrected chi connectivity index (χ1v) is 15.2. The second kappa shape index (κ2) is 13.8. The molecule has 0 radical (unpaired) electrons. The maximum absolute atomic E-state index is 13.8. The first kappa shape index (κ1) is 30.7. The Kier molecular flexibility index (Phi) is 9.18. The number of aromatic nitrogens is 1. The molecule has 0 unspecified atom stereocenters. The summed E-state index contributed by atoms with van der Waals surface area (Å²) in [6.45, 7) is 0.723. The maximum Gasteiger partial charge on any atom is 0.272 e. The predicted octanol–water partition coefficient (Wildman–Crippen LogP) is 3.67. The number of likely N-dealkylation sites (tertiary alicyclic amines) is 1. The fourth-order valence-corrected chi connectivity index (χ4v) is 5.76. The van der Waals surface area contributed by atoms with Gasteiger partial charge in [-0.05, 0) is 53.9 Å². The number of rotatable bonds is 3. The summed E-state index contributed by atoms with van der Waals surface area (Å²) in [4.78, 5) is 45.8. The number of amides is 3. The third-order valence-corrected chi connectivity index (χ3v) is 8.23. The molecule has 46 heavy (non-hydrogen) atoms. The summed E-state index contributed by atoms with van der Waals surface area (Å²) in [5, 5.41) is 6.82. The number of carbonyl (C=O) groups is 3. The minimum Gasteiger partial charge on any atom is -0.496 e. The van der Waals surface area contributed by atoms with Crippen molar-refractivity contribution in [1.82, 2.24) is 20.5 Å². The summed E-state index contributed by atoms with van der Waals surface area (Å²) < 4.78 is 23.3. The lowest BCUT2D eigenvalue weighted by Gasteiger charge is -2.38. The van der Waals surface area contributed by atoms with Crippen molar-refractivity contribution in [1.29, 1.82) is 0 Å². The van der Waals surface area contributed by atoms with Crippen LogP contribution in [0.3, 0.4) is 0 Å².